The smallest absolute Gasteiger partial charge is 0.318 e. The van der Waals surface area contributed by atoms with Crippen molar-refractivity contribution in [3.8, 4) is 0 Å². The third kappa shape index (κ3) is 11.3. The molecule has 0 fully saturated rings. The van der Waals surface area contributed by atoms with Gasteiger partial charge < -0.3 is 19.3 Å². The number of aliphatic carboxylic acids is 1. The Morgan fingerprint density at radius 2 is 1.55 bits per heavy atom. The molecule has 0 saturated carbocycles. The van der Waals surface area contributed by atoms with Gasteiger partial charge in [-0.1, -0.05) is 13.3 Å². The van der Waals surface area contributed by atoms with E-state index in [0.29, 0.717) is 26.4 Å². The molecule has 0 amide bonds. The van der Waals surface area contributed by atoms with Crippen LogP contribution in [0.4, 0.5) is 0 Å². The first-order valence-corrected chi connectivity index (χ1v) is 8.31. The van der Waals surface area contributed by atoms with Gasteiger partial charge in [0.15, 0.2) is 0 Å². The van der Waals surface area contributed by atoms with E-state index in [1.165, 1.54) is 6.92 Å². The lowest BCUT2D eigenvalue weighted by Crippen LogP contribution is -2.25. The van der Waals surface area contributed by atoms with Crippen LogP contribution in [0.5, 0.6) is 0 Å². The molecule has 120 valence electrons. The van der Waals surface area contributed by atoms with Crippen LogP contribution in [0, 0.1) is 0 Å². The molecule has 0 aliphatic heterocycles. The number of carboxylic acids is 1. The standard InChI is InChI=1S/C13H26O6S/c1-3-4-5-17-6-7-18-8-9-19-10-11-20(16)12(2)13(14)15/h12H,3-11H2,1-2H3,(H,14,15). The first-order valence-electron chi connectivity index (χ1n) is 6.92. The number of rotatable bonds is 14. The lowest BCUT2D eigenvalue weighted by atomic mass is 10.4. The van der Waals surface area contributed by atoms with Crippen LogP contribution in [0.2, 0.25) is 0 Å². The van der Waals surface area contributed by atoms with E-state index in [9.17, 15) is 9.00 Å². The second-order valence-corrected chi connectivity index (χ2v) is 6.13. The van der Waals surface area contributed by atoms with Gasteiger partial charge in [-0.2, -0.15) is 0 Å². The summed E-state index contributed by atoms with van der Waals surface area (Å²) in [7, 11) is -1.39. The lowest BCUT2D eigenvalue weighted by molar-refractivity contribution is -0.136. The molecule has 2 unspecified atom stereocenters. The van der Waals surface area contributed by atoms with Crippen LogP contribution in [0.3, 0.4) is 0 Å². The molecule has 0 rings (SSSR count). The minimum atomic E-state index is -1.39. The predicted molar refractivity (Wildman–Crippen MR) is 77.5 cm³/mol. The molecular formula is C13H26O6S. The molecule has 0 spiro atoms. The van der Waals surface area contributed by atoms with Crippen LogP contribution in [-0.2, 0) is 29.8 Å². The average Bonchev–Trinajstić information content (AvgIpc) is 2.43. The van der Waals surface area contributed by atoms with Gasteiger partial charge in [0.25, 0.3) is 0 Å². The average molecular weight is 310 g/mol. The number of carbonyl (C=O) groups is 1. The Morgan fingerprint density at radius 1 is 1.05 bits per heavy atom. The first kappa shape index (κ1) is 19.5. The Hall–Kier alpha value is -0.500. The van der Waals surface area contributed by atoms with Crippen LogP contribution in [0.1, 0.15) is 26.7 Å². The minimum absolute atomic E-state index is 0.230. The van der Waals surface area contributed by atoms with Crippen LogP contribution in [0.15, 0.2) is 0 Å². The number of hydrogen-bond acceptors (Lipinski definition) is 5. The van der Waals surface area contributed by atoms with Gasteiger partial charge in [-0.15, -0.1) is 0 Å². The van der Waals surface area contributed by atoms with E-state index in [1.807, 2.05) is 0 Å². The summed E-state index contributed by atoms with van der Waals surface area (Å²) in [6, 6.07) is 0. The Morgan fingerprint density at radius 3 is 2.05 bits per heavy atom. The molecule has 0 aromatic carbocycles. The molecule has 0 aromatic heterocycles. The van der Waals surface area contributed by atoms with E-state index in [4.69, 9.17) is 19.3 Å². The van der Waals surface area contributed by atoms with Crippen molar-refractivity contribution in [3.05, 3.63) is 0 Å². The van der Waals surface area contributed by atoms with Gasteiger partial charge in [-0.25, -0.2) is 0 Å². The molecule has 1 N–H and O–H groups in total. The fourth-order valence-corrected chi connectivity index (χ4v) is 2.08. The van der Waals surface area contributed by atoms with Crippen molar-refractivity contribution >= 4 is 16.8 Å². The Kier molecular flexibility index (Phi) is 13.1. The molecule has 0 radical (unpaired) electrons. The number of carboxylic acid groups (broad SMARTS) is 1. The van der Waals surface area contributed by atoms with Gasteiger partial charge in [-0.3, -0.25) is 9.00 Å². The Labute approximate surface area is 123 Å². The van der Waals surface area contributed by atoms with Gasteiger partial charge in [0.1, 0.15) is 5.25 Å². The van der Waals surface area contributed by atoms with Gasteiger partial charge in [0.05, 0.1) is 33.0 Å². The normalized spacial score (nSPS) is 14.1. The molecule has 20 heavy (non-hydrogen) atoms. The number of hydrogen-bond donors (Lipinski definition) is 1. The Balaban J connectivity index is 3.24. The number of unbranched alkanes of at least 4 members (excludes halogenated alkanes) is 1. The van der Waals surface area contributed by atoms with E-state index >= 15 is 0 Å². The van der Waals surface area contributed by atoms with Crippen molar-refractivity contribution in [2.75, 3.05) is 45.4 Å². The summed E-state index contributed by atoms with van der Waals surface area (Å²) in [6.07, 6.45) is 2.19. The van der Waals surface area contributed by atoms with Crippen LogP contribution < -0.4 is 0 Å². The maximum Gasteiger partial charge on any atom is 0.318 e. The molecule has 0 aliphatic carbocycles. The highest BCUT2D eigenvalue weighted by Crippen LogP contribution is 1.96. The third-order valence-corrected chi connectivity index (χ3v) is 4.12. The van der Waals surface area contributed by atoms with Crippen LogP contribution in [-0.4, -0.2) is 65.9 Å². The first-order chi connectivity index (χ1) is 9.59. The van der Waals surface area contributed by atoms with E-state index in [1.54, 1.807) is 0 Å². The Bertz CT molecular complexity index is 272. The second kappa shape index (κ2) is 13.5. The molecule has 0 saturated heterocycles. The summed E-state index contributed by atoms with van der Waals surface area (Å²) < 4.78 is 27.3. The van der Waals surface area contributed by atoms with Crippen molar-refractivity contribution < 1.29 is 28.3 Å². The molecule has 7 heteroatoms. The van der Waals surface area contributed by atoms with Crippen molar-refractivity contribution in [2.24, 2.45) is 0 Å². The van der Waals surface area contributed by atoms with E-state index < -0.39 is 22.0 Å². The van der Waals surface area contributed by atoms with E-state index in [2.05, 4.69) is 6.92 Å². The molecule has 0 aromatic rings. The lowest BCUT2D eigenvalue weighted by Gasteiger charge is -2.08. The number of ether oxygens (including phenoxy) is 3. The zero-order valence-electron chi connectivity index (χ0n) is 12.3. The fourth-order valence-electron chi connectivity index (χ4n) is 1.22. The van der Waals surface area contributed by atoms with Gasteiger partial charge in [0.2, 0.25) is 0 Å². The molecular weight excluding hydrogens is 284 g/mol. The maximum atomic E-state index is 11.4. The molecule has 0 heterocycles. The van der Waals surface area contributed by atoms with Gasteiger partial charge >= 0.3 is 5.97 Å². The summed E-state index contributed by atoms with van der Waals surface area (Å²) >= 11 is 0. The largest absolute Gasteiger partial charge is 0.480 e. The summed E-state index contributed by atoms with van der Waals surface area (Å²) in [5, 5.41) is 7.81. The fraction of sp³-hybridized carbons (Fsp3) is 0.923. The molecule has 2 atom stereocenters. The van der Waals surface area contributed by atoms with Gasteiger partial charge in [-0.05, 0) is 13.3 Å². The highest BCUT2D eigenvalue weighted by molar-refractivity contribution is 7.86. The zero-order valence-corrected chi connectivity index (χ0v) is 13.2. The quantitative estimate of drug-likeness (QED) is 0.483. The second-order valence-electron chi connectivity index (χ2n) is 4.26. The SMILES string of the molecule is CCCCOCCOCCOCCS(=O)C(C)C(=O)O. The highest BCUT2D eigenvalue weighted by Gasteiger charge is 2.18. The van der Waals surface area contributed by atoms with Crippen molar-refractivity contribution in [1.82, 2.24) is 0 Å². The third-order valence-electron chi connectivity index (χ3n) is 2.56. The topological polar surface area (TPSA) is 82.1 Å². The molecule has 0 aliphatic rings. The van der Waals surface area contributed by atoms with E-state index in [-0.39, 0.29) is 12.4 Å². The van der Waals surface area contributed by atoms with E-state index in [0.717, 1.165) is 19.4 Å². The minimum Gasteiger partial charge on any atom is -0.480 e. The zero-order chi connectivity index (χ0) is 15.2. The van der Waals surface area contributed by atoms with Crippen molar-refractivity contribution in [1.29, 1.82) is 0 Å². The summed E-state index contributed by atoms with van der Waals surface area (Å²) in [6.45, 7) is 6.58. The summed E-state index contributed by atoms with van der Waals surface area (Å²) in [4.78, 5) is 10.6. The summed E-state index contributed by atoms with van der Waals surface area (Å²) in [5.41, 5.74) is 0. The van der Waals surface area contributed by atoms with Crippen molar-refractivity contribution in [2.45, 2.75) is 31.9 Å². The summed E-state index contributed by atoms with van der Waals surface area (Å²) in [5.74, 6) is -0.817. The van der Waals surface area contributed by atoms with Crippen LogP contribution in [0.25, 0.3) is 0 Å². The van der Waals surface area contributed by atoms with Crippen molar-refractivity contribution in [3.63, 3.8) is 0 Å². The highest BCUT2D eigenvalue weighted by atomic mass is 32.2. The monoisotopic (exact) mass is 310 g/mol. The molecule has 0 bridgehead atoms. The molecule has 6 nitrogen and oxygen atoms in total. The maximum absolute atomic E-state index is 11.4. The predicted octanol–water partition coefficient (Wildman–Crippen LogP) is 1.06. The van der Waals surface area contributed by atoms with Crippen LogP contribution >= 0.6 is 0 Å². The van der Waals surface area contributed by atoms with Gasteiger partial charge in [0, 0.05) is 23.2 Å².